The molecule has 0 unspecified atom stereocenters. The smallest absolute Gasteiger partial charge is 0.323 e. The van der Waals surface area contributed by atoms with Crippen LogP contribution >= 0.6 is 0 Å². The van der Waals surface area contributed by atoms with Gasteiger partial charge in [0, 0.05) is 24.0 Å². The van der Waals surface area contributed by atoms with Crippen molar-refractivity contribution in [3.63, 3.8) is 0 Å². The summed E-state index contributed by atoms with van der Waals surface area (Å²) in [6.07, 6.45) is 0. The third-order valence-corrected chi connectivity index (χ3v) is 2.77. The molecular weight excluding hydrogens is 266 g/mol. The standard InChI is InChI=1S/C16H17N3O2/c1-11-3-5-14(6-4-11)18-16(21)19-15-9-7-13(8-10-15)17-12(2)20/h3-10H,1-2H3,(H,17,20)(H2,18,19,21). The molecule has 0 fully saturated rings. The number of carbonyl (C=O) groups excluding carboxylic acids is 2. The van der Waals surface area contributed by atoms with E-state index in [1.54, 1.807) is 24.3 Å². The molecule has 2 rings (SSSR count). The van der Waals surface area contributed by atoms with Crippen molar-refractivity contribution in [1.29, 1.82) is 0 Å². The molecule has 0 atom stereocenters. The zero-order valence-electron chi connectivity index (χ0n) is 11.9. The molecule has 3 N–H and O–H groups in total. The maximum atomic E-state index is 11.8. The van der Waals surface area contributed by atoms with Crippen molar-refractivity contribution in [1.82, 2.24) is 0 Å². The molecule has 108 valence electrons. The first-order valence-corrected chi connectivity index (χ1v) is 6.55. The molecule has 0 aliphatic heterocycles. The zero-order valence-corrected chi connectivity index (χ0v) is 11.9. The molecule has 0 aliphatic carbocycles. The lowest BCUT2D eigenvalue weighted by Crippen LogP contribution is -2.19. The van der Waals surface area contributed by atoms with E-state index in [1.807, 2.05) is 31.2 Å². The zero-order chi connectivity index (χ0) is 15.2. The summed E-state index contributed by atoms with van der Waals surface area (Å²) in [6, 6.07) is 14.1. The first-order valence-electron chi connectivity index (χ1n) is 6.55. The van der Waals surface area contributed by atoms with Crippen LogP contribution in [0, 0.1) is 6.92 Å². The van der Waals surface area contributed by atoms with Gasteiger partial charge in [-0.15, -0.1) is 0 Å². The molecule has 0 radical (unpaired) electrons. The lowest BCUT2D eigenvalue weighted by molar-refractivity contribution is -0.114. The van der Waals surface area contributed by atoms with E-state index in [4.69, 9.17) is 0 Å². The summed E-state index contributed by atoms with van der Waals surface area (Å²) in [7, 11) is 0. The molecule has 0 bridgehead atoms. The lowest BCUT2D eigenvalue weighted by Gasteiger charge is -2.09. The van der Waals surface area contributed by atoms with Crippen LogP contribution in [0.3, 0.4) is 0 Å². The largest absolute Gasteiger partial charge is 0.326 e. The monoisotopic (exact) mass is 283 g/mol. The van der Waals surface area contributed by atoms with E-state index in [1.165, 1.54) is 6.92 Å². The number of amides is 3. The Labute approximate surface area is 123 Å². The van der Waals surface area contributed by atoms with Crippen LogP contribution in [0.4, 0.5) is 21.9 Å². The van der Waals surface area contributed by atoms with E-state index in [9.17, 15) is 9.59 Å². The molecule has 0 aromatic heterocycles. The number of anilines is 3. The van der Waals surface area contributed by atoms with Crippen molar-refractivity contribution < 1.29 is 9.59 Å². The SMILES string of the molecule is CC(=O)Nc1ccc(NC(=O)Nc2ccc(C)cc2)cc1. The van der Waals surface area contributed by atoms with Crippen molar-refractivity contribution in [2.45, 2.75) is 13.8 Å². The predicted octanol–water partition coefficient (Wildman–Crippen LogP) is 3.60. The second-order valence-corrected chi connectivity index (χ2v) is 4.70. The number of hydrogen-bond donors (Lipinski definition) is 3. The third-order valence-electron chi connectivity index (χ3n) is 2.77. The number of benzene rings is 2. The second kappa shape index (κ2) is 6.56. The number of rotatable bonds is 3. The van der Waals surface area contributed by atoms with Gasteiger partial charge < -0.3 is 16.0 Å². The van der Waals surface area contributed by atoms with Crippen LogP contribution in [0.2, 0.25) is 0 Å². The Morgan fingerprint density at radius 1 is 0.714 bits per heavy atom. The summed E-state index contributed by atoms with van der Waals surface area (Å²) in [4.78, 5) is 22.7. The van der Waals surface area contributed by atoms with Gasteiger partial charge in [-0.3, -0.25) is 4.79 Å². The number of nitrogens with one attached hydrogen (secondary N) is 3. The summed E-state index contributed by atoms with van der Waals surface area (Å²) in [6.45, 7) is 3.43. The van der Waals surface area contributed by atoms with E-state index in [2.05, 4.69) is 16.0 Å². The van der Waals surface area contributed by atoms with Gasteiger partial charge in [0.2, 0.25) is 5.91 Å². The third kappa shape index (κ3) is 4.65. The number of hydrogen-bond acceptors (Lipinski definition) is 2. The van der Waals surface area contributed by atoms with Gasteiger partial charge in [-0.1, -0.05) is 17.7 Å². The molecular formula is C16H17N3O2. The summed E-state index contributed by atoms with van der Waals surface area (Å²) in [5.74, 6) is -0.132. The van der Waals surface area contributed by atoms with Gasteiger partial charge in [0.15, 0.2) is 0 Å². The lowest BCUT2D eigenvalue weighted by atomic mass is 10.2. The van der Waals surface area contributed by atoms with Gasteiger partial charge in [-0.05, 0) is 43.3 Å². The normalized spacial score (nSPS) is 9.81. The van der Waals surface area contributed by atoms with Gasteiger partial charge in [0.25, 0.3) is 0 Å². The van der Waals surface area contributed by atoms with Crippen LogP contribution in [0.25, 0.3) is 0 Å². The number of aryl methyl sites for hydroxylation is 1. The van der Waals surface area contributed by atoms with E-state index >= 15 is 0 Å². The minimum atomic E-state index is -0.314. The van der Waals surface area contributed by atoms with Crippen LogP contribution in [-0.4, -0.2) is 11.9 Å². The van der Waals surface area contributed by atoms with E-state index < -0.39 is 0 Å². The van der Waals surface area contributed by atoms with Crippen molar-refractivity contribution in [2.24, 2.45) is 0 Å². The average molecular weight is 283 g/mol. The van der Waals surface area contributed by atoms with Crippen molar-refractivity contribution >= 4 is 29.0 Å². The summed E-state index contributed by atoms with van der Waals surface area (Å²) in [5, 5.41) is 8.13. The van der Waals surface area contributed by atoms with Crippen molar-refractivity contribution in [3.8, 4) is 0 Å². The summed E-state index contributed by atoms with van der Waals surface area (Å²) in [5.41, 5.74) is 3.20. The van der Waals surface area contributed by atoms with Gasteiger partial charge in [0.1, 0.15) is 0 Å². The average Bonchev–Trinajstić information content (AvgIpc) is 2.43. The Hall–Kier alpha value is -2.82. The topological polar surface area (TPSA) is 70.2 Å². The number of carbonyl (C=O) groups is 2. The first kappa shape index (κ1) is 14.6. The molecule has 5 nitrogen and oxygen atoms in total. The second-order valence-electron chi connectivity index (χ2n) is 4.70. The molecule has 21 heavy (non-hydrogen) atoms. The molecule has 0 saturated heterocycles. The minimum absolute atomic E-state index is 0.132. The molecule has 0 saturated carbocycles. The van der Waals surface area contributed by atoms with Crippen LogP contribution < -0.4 is 16.0 Å². The van der Waals surface area contributed by atoms with Crippen LogP contribution in [0.5, 0.6) is 0 Å². The Bertz CT molecular complexity index is 634. The highest BCUT2D eigenvalue weighted by molar-refractivity contribution is 6.00. The van der Waals surface area contributed by atoms with Crippen LogP contribution in [-0.2, 0) is 4.79 Å². The Kier molecular flexibility index (Phi) is 4.56. The Balaban J connectivity index is 1.93. The molecule has 5 heteroatoms. The van der Waals surface area contributed by atoms with Crippen LogP contribution in [0.15, 0.2) is 48.5 Å². The molecule has 0 aliphatic rings. The fourth-order valence-electron chi connectivity index (χ4n) is 1.77. The van der Waals surface area contributed by atoms with Crippen molar-refractivity contribution in [3.05, 3.63) is 54.1 Å². The molecule has 0 heterocycles. The van der Waals surface area contributed by atoms with Gasteiger partial charge in [-0.2, -0.15) is 0 Å². The maximum Gasteiger partial charge on any atom is 0.323 e. The Morgan fingerprint density at radius 3 is 1.52 bits per heavy atom. The molecule has 2 aromatic carbocycles. The maximum absolute atomic E-state index is 11.8. The summed E-state index contributed by atoms with van der Waals surface area (Å²) < 4.78 is 0. The van der Waals surface area contributed by atoms with Gasteiger partial charge >= 0.3 is 6.03 Å². The van der Waals surface area contributed by atoms with Gasteiger partial charge in [0.05, 0.1) is 0 Å². The fraction of sp³-hybridized carbons (Fsp3) is 0.125. The molecule has 0 spiro atoms. The highest BCUT2D eigenvalue weighted by Gasteiger charge is 2.03. The Morgan fingerprint density at radius 2 is 1.10 bits per heavy atom. The fourth-order valence-corrected chi connectivity index (χ4v) is 1.77. The van der Waals surface area contributed by atoms with E-state index in [0.717, 1.165) is 11.3 Å². The van der Waals surface area contributed by atoms with E-state index in [-0.39, 0.29) is 11.9 Å². The highest BCUT2D eigenvalue weighted by Crippen LogP contribution is 2.14. The van der Waals surface area contributed by atoms with E-state index in [0.29, 0.717) is 11.4 Å². The van der Waals surface area contributed by atoms with Crippen molar-refractivity contribution in [2.75, 3.05) is 16.0 Å². The van der Waals surface area contributed by atoms with Crippen LogP contribution in [0.1, 0.15) is 12.5 Å². The first-order chi connectivity index (χ1) is 10.0. The minimum Gasteiger partial charge on any atom is -0.326 e. The molecule has 3 amide bonds. The summed E-state index contributed by atoms with van der Waals surface area (Å²) >= 11 is 0. The number of urea groups is 1. The quantitative estimate of drug-likeness (QED) is 0.805. The highest BCUT2D eigenvalue weighted by atomic mass is 16.2. The molecule has 2 aromatic rings. The predicted molar refractivity (Wildman–Crippen MR) is 84.6 cm³/mol. The van der Waals surface area contributed by atoms with Gasteiger partial charge in [-0.25, -0.2) is 4.79 Å².